The second kappa shape index (κ2) is 5.06. The summed E-state index contributed by atoms with van der Waals surface area (Å²) >= 11 is 2.99. The van der Waals surface area contributed by atoms with Crippen molar-refractivity contribution >= 4 is 21.7 Å². The van der Waals surface area contributed by atoms with E-state index in [4.69, 9.17) is 12.2 Å². The van der Waals surface area contributed by atoms with E-state index >= 15 is 0 Å². The van der Waals surface area contributed by atoms with Gasteiger partial charge in [0.25, 0.3) is 0 Å². The predicted octanol–water partition coefficient (Wildman–Crippen LogP) is 2.12. The molecular weight excluding hydrogens is 261 g/mol. The maximum Gasteiger partial charge on any atom is 0.183 e. The van der Waals surface area contributed by atoms with Crippen LogP contribution in [-0.4, -0.2) is 11.8 Å². The molecule has 0 saturated carbocycles. The van der Waals surface area contributed by atoms with Crippen LogP contribution in [0.3, 0.4) is 0 Å². The highest BCUT2D eigenvalue weighted by Crippen LogP contribution is 2.19. The zero-order valence-corrected chi connectivity index (χ0v) is 9.42. The molecule has 1 aromatic rings. The Morgan fingerprint density at radius 3 is 2.93 bits per heavy atom. The molecule has 1 aromatic carbocycles. The molecule has 0 bridgehead atoms. The van der Waals surface area contributed by atoms with Crippen LogP contribution in [-0.2, 0) is 0 Å². The predicted molar refractivity (Wildman–Crippen MR) is 59.9 cm³/mol. The summed E-state index contributed by atoms with van der Waals surface area (Å²) in [5, 5.41) is 0. The minimum atomic E-state index is -0.848. The van der Waals surface area contributed by atoms with Gasteiger partial charge in [0.15, 0.2) is 5.78 Å². The van der Waals surface area contributed by atoms with E-state index in [1.165, 1.54) is 12.1 Å². The molecule has 78 valence electrons. The van der Waals surface area contributed by atoms with Crippen molar-refractivity contribution in [3.8, 4) is 12.3 Å². The lowest BCUT2D eigenvalue weighted by Gasteiger charge is -2.08. The molecule has 1 unspecified atom stereocenters. The van der Waals surface area contributed by atoms with Crippen molar-refractivity contribution in [2.45, 2.75) is 12.5 Å². The standard InChI is InChI=1S/C11H9BrFNO/c1-2-4-9(14)11(15)7-5-3-6-8(12)10(7)13/h1,3,5-6,9H,4,14H2. The normalized spacial score (nSPS) is 11.9. The summed E-state index contributed by atoms with van der Waals surface area (Å²) in [6.07, 6.45) is 5.13. The quantitative estimate of drug-likeness (QED) is 0.675. The van der Waals surface area contributed by atoms with Crippen LogP contribution >= 0.6 is 15.9 Å². The summed E-state index contributed by atoms with van der Waals surface area (Å²) in [6.45, 7) is 0. The second-order valence-corrected chi connectivity index (χ2v) is 3.83. The van der Waals surface area contributed by atoms with Gasteiger partial charge in [-0.2, -0.15) is 0 Å². The highest BCUT2D eigenvalue weighted by molar-refractivity contribution is 9.10. The maximum atomic E-state index is 13.5. The molecule has 0 aliphatic rings. The molecule has 0 aromatic heterocycles. The Bertz CT molecular complexity index is 425. The SMILES string of the molecule is C#CCC(N)C(=O)c1cccc(Br)c1F. The number of carbonyl (C=O) groups is 1. The number of carbonyl (C=O) groups excluding carboxylic acids is 1. The van der Waals surface area contributed by atoms with E-state index in [-0.39, 0.29) is 16.5 Å². The second-order valence-electron chi connectivity index (χ2n) is 2.98. The number of nitrogens with two attached hydrogens (primary N) is 1. The molecule has 0 saturated heterocycles. The van der Waals surface area contributed by atoms with Crippen LogP contribution in [0.5, 0.6) is 0 Å². The lowest BCUT2D eigenvalue weighted by molar-refractivity contribution is 0.0958. The molecule has 0 aliphatic carbocycles. The van der Waals surface area contributed by atoms with E-state index in [9.17, 15) is 9.18 Å². The average molecular weight is 270 g/mol. The van der Waals surface area contributed by atoms with Crippen molar-refractivity contribution in [1.82, 2.24) is 0 Å². The van der Waals surface area contributed by atoms with Gasteiger partial charge in [0, 0.05) is 6.42 Å². The first-order valence-electron chi connectivity index (χ1n) is 4.25. The molecule has 0 spiro atoms. The van der Waals surface area contributed by atoms with Gasteiger partial charge < -0.3 is 5.73 Å². The van der Waals surface area contributed by atoms with Gasteiger partial charge in [0.2, 0.25) is 0 Å². The van der Waals surface area contributed by atoms with Crippen molar-refractivity contribution in [3.05, 3.63) is 34.1 Å². The summed E-state index contributed by atoms with van der Waals surface area (Å²) < 4.78 is 13.7. The Kier molecular flexibility index (Phi) is 4.01. The molecule has 2 nitrogen and oxygen atoms in total. The molecular formula is C11H9BrFNO. The minimum Gasteiger partial charge on any atom is -0.320 e. The molecule has 0 radical (unpaired) electrons. The topological polar surface area (TPSA) is 43.1 Å². The van der Waals surface area contributed by atoms with E-state index in [1.54, 1.807) is 6.07 Å². The smallest absolute Gasteiger partial charge is 0.183 e. The first-order valence-corrected chi connectivity index (χ1v) is 5.04. The lowest BCUT2D eigenvalue weighted by atomic mass is 10.0. The number of benzene rings is 1. The summed E-state index contributed by atoms with van der Waals surface area (Å²) in [5.41, 5.74) is 5.47. The molecule has 0 fully saturated rings. The van der Waals surface area contributed by atoms with E-state index in [0.717, 1.165) is 0 Å². The fraction of sp³-hybridized carbons (Fsp3) is 0.182. The average Bonchev–Trinajstić information content (AvgIpc) is 2.21. The van der Waals surface area contributed by atoms with Gasteiger partial charge in [-0.05, 0) is 28.1 Å². The molecule has 0 amide bonds. The lowest BCUT2D eigenvalue weighted by Crippen LogP contribution is -2.30. The largest absolute Gasteiger partial charge is 0.320 e. The summed E-state index contributed by atoms with van der Waals surface area (Å²) in [4.78, 5) is 11.6. The van der Waals surface area contributed by atoms with Crippen molar-refractivity contribution in [2.24, 2.45) is 5.73 Å². The highest BCUT2D eigenvalue weighted by atomic mass is 79.9. The summed E-state index contributed by atoms with van der Waals surface area (Å²) in [7, 11) is 0. The van der Waals surface area contributed by atoms with Crippen molar-refractivity contribution < 1.29 is 9.18 Å². The van der Waals surface area contributed by atoms with Crippen LogP contribution in [0.15, 0.2) is 22.7 Å². The number of halogens is 2. The monoisotopic (exact) mass is 269 g/mol. The Labute approximate surface area is 95.8 Å². The van der Waals surface area contributed by atoms with E-state index < -0.39 is 17.6 Å². The summed E-state index contributed by atoms with van der Waals surface area (Å²) in [6, 6.07) is 3.62. The van der Waals surface area contributed by atoms with E-state index in [1.807, 2.05) is 0 Å². The third kappa shape index (κ3) is 2.65. The molecule has 0 aliphatic heterocycles. The van der Waals surface area contributed by atoms with Gasteiger partial charge >= 0.3 is 0 Å². The number of Topliss-reactive ketones (excluding diaryl/α,β-unsaturated/α-hetero) is 1. The number of hydrogen-bond donors (Lipinski definition) is 1. The maximum absolute atomic E-state index is 13.5. The third-order valence-corrected chi connectivity index (χ3v) is 2.50. The zero-order valence-electron chi connectivity index (χ0n) is 7.84. The van der Waals surface area contributed by atoms with Crippen LogP contribution in [0, 0.1) is 18.2 Å². The van der Waals surface area contributed by atoms with Crippen LogP contribution in [0.2, 0.25) is 0 Å². The van der Waals surface area contributed by atoms with Crippen LogP contribution < -0.4 is 5.73 Å². The Hall–Kier alpha value is -1.18. The van der Waals surface area contributed by atoms with Gasteiger partial charge in [0.1, 0.15) is 5.82 Å². The van der Waals surface area contributed by atoms with Crippen molar-refractivity contribution in [3.63, 3.8) is 0 Å². The van der Waals surface area contributed by atoms with Crippen LogP contribution in [0.4, 0.5) is 4.39 Å². The van der Waals surface area contributed by atoms with Gasteiger partial charge in [0.05, 0.1) is 16.1 Å². The molecule has 0 heterocycles. The fourth-order valence-electron chi connectivity index (χ4n) is 1.11. The summed E-state index contributed by atoms with van der Waals surface area (Å²) in [5.74, 6) is 1.19. The van der Waals surface area contributed by atoms with Gasteiger partial charge in [-0.25, -0.2) is 4.39 Å². The Morgan fingerprint density at radius 1 is 1.67 bits per heavy atom. The highest BCUT2D eigenvalue weighted by Gasteiger charge is 2.19. The number of ketones is 1. The Balaban J connectivity index is 3.02. The minimum absolute atomic E-state index is 0.0351. The van der Waals surface area contributed by atoms with Crippen LogP contribution in [0.1, 0.15) is 16.8 Å². The van der Waals surface area contributed by atoms with Gasteiger partial charge in [-0.1, -0.05) is 6.07 Å². The third-order valence-electron chi connectivity index (χ3n) is 1.89. The Morgan fingerprint density at radius 2 is 2.33 bits per heavy atom. The molecule has 4 heteroatoms. The molecule has 2 N–H and O–H groups in total. The van der Waals surface area contributed by atoms with E-state index in [0.29, 0.717) is 0 Å². The van der Waals surface area contributed by atoms with Gasteiger partial charge in [-0.15, -0.1) is 12.3 Å². The molecule has 1 rings (SSSR count). The first kappa shape index (κ1) is 11.9. The fourth-order valence-corrected chi connectivity index (χ4v) is 1.48. The van der Waals surface area contributed by atoms with Crippen molar-refractivity contribution in [1.29, 1.82) is 0 Å². The van der Waals surface area contributed by atoms with Crippen molar-refractivity contribution in [2.75, 3.05) is 0 Å². The molecule has 15 heavy (non-hydrogen) atoms. The number of rotatable bonds is 3. The number of hydrogen-bond acceptors (Lipinski definition) is 2. The zero-order chi connectivity index (χ0) is 11.4. The first-order chi connectivity index (χ1) is 7.07. The number of terminal acetylenes is 1. The van der Waals surface area contributed by atoms with E-state index in [2.05, 4.69) is 21.9 Å². The molecule has 1 atom stereocenters. The van der Waals surface area contributed by atoms with Crippen LogP contribution in [0.25, 0.3) is 0 Å². The van der Waals surface area contributed by atoms with Gasteiger partial charge in [-0.3, -0.25) is 4.79 Å².